The molecular formula is C12H22F3NO. The number of hydrogen-bond acceptors (Lipinski definition) is 2. The molecule has 0 fully saturated rings. The lowest BCUT2D eigenvalue weighted by atomic mass is 10.1. The summed E-state index contributed by atoms with van der Waals surface area (Å²) in [6.45, 7) is 7.51. The maximum atomic E-state index is 11.9. The van der Waals surface area contributed by atoms with Crippen molar-refractivity contribution >= 4 is 0 Å². The van der Waals surface area contributed by atoms with Crippen LogP contribution in [-0.2, 0) is 4.74 Å². The van der Waals surface area contributed by atoms with Gasteiger partial charge in [0.15, 0.2) is 0 Å². The average molecular weight is 253 g/mol. The summed E-state index contributed by atoms with van der Waals surface area (Å²) < 4.78 is 40.4. The smallest absolute Gasteiger partial charge is 0.370 e. The predicted octanol–water partition coefficient (Wildman–Crippen LogP) is 3.29. The molecule has 2 nitrogen and oxygen atoms in total. The molecule has 0 aliphatic carbocycles. The van der Waals surface area contributed by atoms with E-state index in [0.717, 1.165) is 25.0 Å². The molecule has 0 aromatic carbocycles. The molecule has 0 rings (SSSR count). The van der Waals surface area contributed by atoms with Gasteiger partial charge >= 0.3 is 6.18 Å². The second-order valence-corrected chi connectivity index (χ2v) is 4.09. The molecular weight excluding hydrogens is 231 g/mol. The SMILES string of the molecule is C=C(CC)CC(COCC(F)(F)F)NCCC. The summed E-state index contributed by atoms with van der Waals surface area (Å²) in [5.41, 5.74) is 1.02. The van der Waals surface area contributed by atoms with Gasteiger partial charge in [0.2, 0.25) is 0 Å². The third-order valence-electron chi connectivity index (χ3n) is 2.30. The summed E-state index contributed by atoms with van der Waals surface area (Å²) in [6.07, 6.45) is -1.82. The summed E-state index contributed by atoms with van der Waals surface area (Å²) >= 11 is 0. The van der Waals surface area contributed by atoms with Crippen LogP contribution in [0.25, 0.3) is 0 Å². The highest BCUT2D eigenvalue weighted by Crippen LogP contribution is 2.15. The maximum absolute atomic E-state index is 11.9. The minimum Gasteiger partial charge on any atom is -0.370 e. The van der Waals surface area contributed by atoms with E-state index in [-0.39, 0.29) is 12.6 Å². The zero-order valence-corrected chi connectivity index (χ0v) is 10.6. The van der Waals surface area contributed by atoms with Crippen LogP contribution in [0.15, 0.2) is 12.2 Å². The van der Waals surface area contributed by atoms with Crippen LogP contribution in [0.5, 0.6) is 0 Å². The van der Waals surface area contributed by atoms with Crippen LogP contribution in [-0.4, -0.2) is 32.0 Å². The molecule has 0 amide bonds. The highest BCUT2D eigenvalue weighted by Gasteiger charge is 2.27. The van der Waals surface area contributed by atoms with Gasteiger partial charge in [-0.15, -0.1) is 0 Å². The number of ether oxygens (including phenoxy) is 1. The molecule has 102 valence electrons. The number of rotatable bonds is 9. The van der Waals surface area contributed by atoms with Gasteiger partial charge in [-0.05, 0) is 25.8 Å². The fraction of sp³-hybridized carbons (Fsp3) is 0.833. The van der Waals surface area contributed by atoms with E-state index in [1.807, 2.05) is 13.8 Å². The minimum atomic E-state index is -4.25. The van der Waals surface area contributed by atoms with Crippen molar-refractivity contribution < 1.29 is 17.9 Å². The van der Waals surface area contributed by atoms with E-state index in [9.17, 15) is 13.2 Å². The van der Waals surface area contributed by atoms with Crippen molar-refractivity contribution in [3.05, 3.63) is 12.2 Å². The van der Waals surface area contributed by atoms with Gasteiger partial charge in [-0.1, -0.05) is 26.0 Å². The van der Waals surface area contributed by atoms with Gasteiger partial charge in [0.25, 0.3) is 0 Å². The highest BCUT2D eigenvalue weighted by molar-refractivity contribution is 4.96. The third-order valence-corrected chi connectivity index (χ3v) is 2.30. The van der Waals surface area contributed by atoms with Gasteiger partial charge in [-0.25, -0.2) is 0 Å². The summed E-state index contributed by atoms with van der Waals surface area (Å²) in [6, 6.07) is -0.0789. The van der Waals surface area contributed by atoms with E-state index in [4.69, 9.17) is 0 Å². The zero-order chi connectivity index (χ0) is 13.3. The standard InChI is InChI=1S/C12H22F3NO/c1-4-6-16-11(7-10(3)5-2)8-17-9-12(13,14)15/h11,16H,3-9H2,1-2H3. The number of nitrogens with one attached hydrogen (secondary N) is 1. The molecule has 0 radical (unpaired) electrons. The van der Waals surface area contributed by atoms with E-state index >= 15 is 0 Å². The van der Waals surface area contributed by atoms with Crippen LogP contribution in [0, 0.1) is 0 Å². The van der Waals surface area contributed by atoms with Gasteiger partial charge < -0.3 is 10.1 Å². The summed E-state index contributed by atoms with van der Waals surface area (Å²) in [5, 5.41) is 3.17. The van der Waals surface area contributed by atoms with Crippen molar-refractivity contribution in [1.82, 2.24) is 5.32 Å². The van der Waals surface area contributed by atoms with Crippen molar-refractivity contribution in [2.75, 3.05) is 19.8 Å². The van der Waals surface area contributed by atoms with Gasteiger partial charge in [-0.2, -0.15) is 13.2 Å². The molecule has 0 spiro atoms. The van der Waals surface area contributed by atoms with Crippen LogP contribution in [0.3, 0.4) is 0 Å². The second-order valence-electron chi connectivity index (χ2n) is 4.09. The van der Waals surface area contributed by atoms with Crippen LogP contribution in [0.1, 0.15) is 33.1 Å². The summed E-state index contributed by atoms with van der Waals surface area (Å²) in [7, 11) is 0. The molecule has 1 atom stereocenters. The molecule has 1 unspecified atom stereocenters. The minimum absolute atomic E-state index is 0.0680. The molecule has 0 aromatic heterocycles. The number of alkyl halides is 3. The Morgan fingerprint density at radius 1 is 1.35 bits per heavy atom. The first-order valence-corrected chi connectivity index (χ1v) is 5.93. The Labute approximate surface area is 101 Å². The average Bonchev–Trinajstić information content (AvgIpc) is 2.23. The van der Waals surface area contributed by atoms with Crippen molar-refractivity contribution in [3.63, 3.8) is 0 Å². The Hall–Kier alpha value is -0.550. The Morgan fingerprint density at radius 2 is 2.00 bits per heavy atom. The number of halogens is 3. The van der Waals surface area contributed by atoms with Crippen molar-refractivity contribution in [3.8, 4) is 0 Å². The van der Waals surface area contributed by atoms with Crippen molar-refractivity contribution in [2.45, 2.75) is 45.3 Å². The predicted molar refractivity (Wildman–Crippen MR) is 63.0 cm³/mol. The summed E-state index contributed by atoms with van der Waals surface area (Å²) in [4.78, 5) is 0. The lowest BCUT2D eigenvalue weighted by molar-refractivity contribution is -0.175. The molecule has 0 saturated carbocycles. The lowest BCUT2D eigenvalue weighted by Crippen LogP contribution is -2.35. The first-order chi connectivity index (χ1) is 7.89. The molecule has 0 aliphatic rings. The van der Waals surface area contributed by atoms with E-state index in [1.165, 1.54) is 0 Å². The number of hydrogen-bond donors (Lipinski definition) is 1. The largest absolute Gasteiger partial charge is 0.411 e. The normalized spacial score (nSPS) is 13.7. The van der Waals surface area contributed by atoms with E-state index < -0.39 is 12.8 Å². The molecule has 5 heteroatoms. The maximum Gasteiger partial charge on any atom is 0.411 e. The molecule has 0 aromatic rings. The fourth-order valence-corrected chi connectivity index (χ4v) is 1.35. The second kappa shape index (κ2) is 8.53. The molecule has 17 heavy (non-hydrogen) atoms. The topological polar surface area (TPSA) is 21.3 Å². The van der Waals surface area contributed by atoms with Crippen LogP contribution in [0.4, 0.5) is 13.2 Å². The Bertz CT molecular complexity index is 216. The van der Waals surface area contributed by atoms with Gasteiger partial charge in [0.1, 0.15) is 6.61 Å². The molecule has 0 heterocycles. The Morgan fingerprint density at radius 3 is 2.47 bits per heavy atom. The van der Waals surface area contributed by atoms with Gasteiger partial charge in [0.05, 0.1) is 6.61 Å². The van der Waals surface area contributed by atoms with Crippen LogP contribution in [0.2, 0.25) is 0 Å². The fourth-order valence-electron chi connectivity index (χ4n) is 1.35. The first-order valence-electron chi connectivity index (χ1n) is 5.93. The molecule has 0 aliphatic heterocycles. The summed E-state index contributed by atoms with van der Waals surface area (Å²) in [5.74, 6) is 0. The van der Waals surface area contributed by atoms with Gasteiger partial charge in [-0.3, -0.25) is 0 Å². The van der Waals surface area contributed by atoms with Crippen molar-refractivity contribution in [2.24, 2.45) is 0 Å². The first kappa shape index (κ1) is 16.4. The van der Waals surface area contributed by atoms with E-state index in [2.05, 4.69) is 16.6 Å². The Kier molecular flexibility index (Phi) is 8.25. The van der Waals surface area contributed by atoms with Gasteiger partial charge in [0, 0.05) is 6.04 Å². The molecule has 0 saturated heterocycles. The Balaban J connectivity index is 3.96. The quantitative estimate of drug-likeness (QED) is 0.637. The van der Waals surface area contributed by atoms with E-state index in [0.29, 0.717) is 6.42 Å². The van der Waals surface area contributed by atoms with Crippen LogP contribution < -0.4 is 5.32 Å². The molecule has 1 N–H and O–H groups in total. The highest BCUT2D eigenvalue weighted by atomic mass is 19.4. The third kappa shape index (κ3) is 10.3. The van der Waals surface area contributed by atoms with E-state index in [1.54, 1.807) is 0 Å². The lowest BCUT2D eigenvalue weighted by Gasteiger charge is -2.19. The molecule has 0 bridgehead atoms. The van der Waals surface area contributed by atoms with Crippen molar-refractivity contribution in [1.29, 1.82) is 0 Å². The van der Waals surface area contributed by atoms with Crippen LogP contribution >= 0.6 is 0 Å². The zero-order valence-electron chi connectivity index (χ0n) is 10.6. The monoisotopic (exact) mass is 253 g/mol.